The number of aryl methyl sites for hydroxylation is 2. The highest BCUT2D eigenvalue weighted by Gasteiger charge is 2.25. The predicted octanol–water partition coefficient (Wildman–Crippen LogP) is 3.76. The monoisotopic (exact) mass is 374 g/mol. The van der Waals surface area contributed by atoms with Gasteiger partial charge < -0.3 is 9.73 Å². The molecule has 2 aromatic heterocycles. The van der Waals surface area contributed by atoms with E-state index < -0.39 is 11.7 Å². The van der Waals surface area contributed by atoms with Crippen LogP contribution in [0.4, 0.5) is 5.69 Å². The fourth-order valence-corrected chi connectivity index (χ4v) is 3.21. The Bertz CT molecular complexity index is 1210. The standard InChI is InChI=1S/C21H18N4O3/c1-12-19(13(2)25(24-12)16-7-5-4-6-8-16)20(26)21(27)23-15-9-10-18-17(11-15)22-14(3)28-18/h4-11H,1-3H3,(H,23,27). The van der Waals surface area contributed by atoms with Crippen molar-refractivity contribution in [2.45, 2.75) is 20.8 Å². The molecule has 2 aromatic carbocycles. The van der Waals surface area contributed by atoms with Gasteiger partial charge in [-0.2, -0.15) is 5.10 Å². The summed E-state index contributed by atoms with van der Waals surface area (Å²) < 4.78 is 7.09. The van der Waals surface area contributed by atoms with Gasteiger partial charge in [0.1, 0.15) is 5.52 Å². The number of oxazole rings is 1. The third-order valence-corrected chi connectivity index (χ3v) is 4.48. The van der Waals surface area contributed by atoms with Crippen LogP contribution in [0.3, 0.4) is 0 Å². The van der Waals surface area contributed by atoms with Crippen LogP contribution in [0.25, 0.3) is 16.8 Å². The van der Waals surface area contributed by atoms with Gasteiger partial charge in [-0.25, -0.2) is 9.67 Å². The molecule has 0 unspecified atom stereocenters. The molecule has 0 aliphatic heterocycles. The van der Waals surface area contributed by atoms with Crippen LogP contribution in [0.5, 0.6) is 0 Å². The summed E-state index contributed by atoms with van der Waals surface area (Å²) in [6.45, 7) is 5.24. The van der Waals surface area contributed by atoms with Crippen LogP contribution >= 0.6 is 0 Å². The molecule has 140 valence electrons. The van der Waals surface area contributed by atoms with Gasteiger partial charge in [0, 0.05) is 12.6 Å². The molecule has 2 heterocycles. The number of nitrogens with one attached hydrogen (secondary N) is 1. The third-order valence-electron chi connectivity index (χ3n) is 4.48. The van der Waals surface area contributed by atoms with Crippen molar-refractivity contribution in [2.24, 2.45) is 0 Å². The molecule has 4 aromatic rings. The van der Waals surface area contributed by atoms with E-state index in [9.17, 15) is 9.59 Å². The molecule has 1 N–H and O–H groups in total. The van der Waals surface area contributed by atoms with E-state index >= 15 is 0 Å². The number of carbonyl (C=O) groups is 2. The van der Waals surface area contributed by atoms with Crippen molar-refractivity contribution >= 4 is 28.5 Å². The number of para-hydroxylation sites is 1. The summed E-state index contributed by atoms with van der Waals surface area (Å²) in [7, 11) is 0. The lowest BCUT2D eigenvalue weighted by molar-refractivity contribution is -0.112. The summed E-state index contributed by atoms with van der Waals surface area (Å²) in [5.41, 5.74) is 3.97. The average Bonchev–Trinajstić information content (AvgIpc) is 3.19. The molecule has 0 aliphatic carbocycles. The van der Waals surface area contributed by atoms with Crippen LogP contribution in [0.1, 0.15) is 27.6 Å². The Morgan fingerprint density at radius 2 is 1.79 bits per heavy atom. The molecule has 0 aliphatic rings. The van der Waals surface area contributed by atoms with E-state index in [2.05, 4.69) is 15.4 Å². The molecular formula is C21H18N4O3. The second-order valence-electron chi connectivity index (χ2n) is 6.49. The molecule has 0 radical (unpaired) electrons. The van der Waals surface area contributed by atoms with Crippen molar-refractivity contribution in [3.8, 4) is 5.69 Å². The summed E-state index contributed by atoms with van der Waals surface area (Å²) in [6.07, 6.45) is 0. The first-order valence-corrected chi connectivity index (χ1v) is 8.78. The van der Waals surface area contributed by atoms with E-state index in [1.165, 1.54) is 0 Å². The van der Waals surface area contributed by atoms with Crippen molar-refractivity contribution in [1.29, 1.82) is 0 Å². The Balaban J connectivity index is 1.61. The molecule has 0 fully saturated rings. The maximum Gasteiger partial charge on any atom is 0.296 e. The molecule has 0 spiro atoms. The summed E-state index contributed by atoms with van der Waals surface area (Å²) in [5.74, 6) is -0.818. The lowest BCUT2D eigenvalue weighted by atomic mass is 10.1. The van der Waals surface area contributed by atoms with Crippen LogP contribution in [0.2, 0.25) is 0 Å². The lowest BCUT2D eigenvalue weighted by Crippen LogP contribution is -2.24. The van der Waals surface area contributed by atoms with Crippen LogP contribution in [0, 0.1) is 20.8 Å². The quantitative estimate of drug-likeness (QED) is 0.434. The molecule has 7 heteroatoms. The number of carbonyl (C=O) groups excluding carboxylic acids is 2. The van der Waals surface area contributed by atoms with Gasteiger partial charge in [0.05, 0.1) is 22.6 Å². The molecule has 28 heavy (non-hydrogen) atoms. The number of benzene rings is 2. The van der Waals surface area contributed by atoms with E-state index in [4.69, 9.17) is 4.42 Å². The van der Waals surface area contributed by atoms with E-state index in [-0.39, 0.29) is 0 Å². The summed E-state index contributed by atoms with van der Waals surface area (Å²) >= 11 is 0. The number of rotatable bonds is 4. The number of nitrogens with zero attached hydrogens (tertiary/aromatic N) is 3. The number of anilines is 1. The number of Topliss-reactive ketones (excluding diaryl/α,β-unsaturated/α-hetero) is 1. The number of hydrogen-bond donors (Lipinski definition) is 1. The van der Waals surface area contributed by atoms with Crippen molar-refractivity contribution < 1.29 is 14.0 Å². The van der Waals surface area contributed by atoms with Gasteiger partial charge in [-0.15, -0.1) is 0 Å². The first kappa shape index (κ1) is 17.7. The topological polar surface area (TPSA) is 90.0 Å². The molecule has 4 rings (SSSR count). The minimum absolute atomic E-state index is 0.305. The average molecular weight is 374 g/mol. The summed E-state index contributed by atoms with van der Waals surface area (Å²) in [5, 5.41) is 7.07. The van der Waals surface area contributed by atoms with Crippen molar-refractivity contribution in [3.63, 3.8) is 0 Å². The van der Waals surface area contributed by atoms with Gasteiger partial charge in [-0.3, -0.25) is 9.59 Å². The number of hydrogen-bond acceptors (Lipinski definition) is 5. The normalized spacial score (nSPS) is 11.0. The maximum absolute atomic E-state index is 12.8. The van der Waals surface area contributed by atoms with Gasteiger partial charge in [0.2, 0.25) is 0 Å². The first-order chi connectivity index (χ1) is 13.4. The largest absolute Gasteiger partial charge is 0.441 e. The third kappa shape index (κ3) is 3.07. The van der Waals surface area contributed by atoms with Crippen LogP contribution in [-0.2, 0) is 4.79 Å². The summed E-state index contributed by atoms with van der Waals surface area (Å²) in [4.78, 5) is 29.6. The number of fused-ring (bicyclic) bond motifs is 1. The predicted molar refractivity (Wildman–Crippen MR) is 105 cm³/mol. The van der Waals surface area contributed by atoms with Crippen molar-refractivity contribution in [3.05, 3.63) is 71.4 Å². The highest BCUT2D eigenvalue weighted by Crippen LogP contribution is 2.21. The van der Waals surface area contributed by atoms with Crippen molar-refractivity contribution in [1.82, 2.24) is 14.8 Å². The zero-order valence-electron chi connectivity index (χ0n) is 15.7. The maximum atomic E-state index is 12.8. The van der Waals surface area contributed by atoms with Crippen LogP contribution in [-0.4, -0.2) is 26.5 Å². The van der Waals surface area contributed by atoms with Gasteiger partial charge in [0.25, 0.3) is 11.7 Å². The fourth-order valence-electron chi connectivity index (χ4n) is 3.21. The van der Waals surface area contributed by atoms with E-state index in [1.54, 1.807) is 43.7 Å². The van der Waals surface area contributed by atoms with E-state index in [0.717, 1.165) is 5.69 Å². The number of aromatic nitrogens is 3. The molecule has 7 nitrogen and oxygen atoms in total. The fraction of sp³-hybridized carbons (Fsp3) is 0.143. The van der Waals surface area contributed by atoms with Crippen LogP contribution in [0.15, 0.2) is 52.9 Å². The highest BCUT2D eigenvalue weighted by molar-refractivity contribution is 6.47. The number of amides is 1. The van der Waals surface area contributed by atoms with Gasteiger partial charge in [-0.05, 0) is 44.2 Å². The first-order valence-electron chi connectivity index (χ1n) is 8.78. The second kappa shape index (κ2) is 6.77. The summed E-state index contributed by atoms with van der Waals surface area (Å²) in [6, 6.07) is 14.5. The zero-order valence-corrected chi connectivity index (χ0v) is 15.7. The van der Waals surface area contributed by atoms with E-state index in [1.807, 2.05) is 30.3 Å². The minimum atomic E-state index is -0.724. The van der Waals surface area contributed by atoms with Gasteiger partial charge >= 0.3 is 0 Å². The van der Waals surface area contributed by atoms with Gasteiger partial charge in [-0.1, -0.05) is 18.2 Å². The second-order valence-corrected chi connectivity index (χ2v) is 6.49. The molecule has 0 atom stereocenters. The Morgan fingerprint density at radius 3 is 2.54 bits per heavy atom. The lowest BCUT2D eigenvalue weighted by Gasteiger charge is -2.06. The Labute approximate surface area is 161 Å². The zero-order chi connectivity index (χ0) is 19.8. The number of ketones is 1. The molecule has 0 saturated heterocycles. The van der Waals surface area contributed by atoms with Crippen LogP contribution < -0.4 is 5.32 Å². The Kier molecular flexibility index (Phi) is 4.27. The smallest absolute Gasteiger partial charge is 0.296 e. The molecule has 0 bridgehead atoms. The highest BCUT2D eigenvalue weighted by atomic mass is 16.3. The SMILES string of the molecule is Cc1nc2cc(NC(=O)C(=O)c3c(C)nn(-c4ccccc4)c3C)ccc2o1. The molecule has 0 saturated carbocycles. The van der Waals surface area contributed by atoms with Crippen molar-refractivity contribution in [2.75, 3.05) is 5.32 Å². The molecular weight excluding hydrogens is 356 g/mol. The Hall–Kier alpha value is -3.74. The molecule has 1 amide bonds. The minimum Gasteiger partial charge on any atom is -0.441 e. The van der Waals surface area contributed by atoms with Gasteiger partial charge in [0.15, 0.2) is 11.5 Å². The Morgan fingerprint density at radius 1 is 1.04 bits per heavy atom. The van der Waals surface area contributed by atoms with E-state index in [0.29, 0.717) is 39.6 Å².